The van der Waals surface area contributed by atoms with Crippen LogP contribution in [0, 0.1) is 0 Å². The topological polar surface area (TPSA) is 16.4 Å². The molecular formula is C50H33NO. The Morgan fingerprint density at radius 2 is 0.904 bits per heavy atom. The highest BCUT2D eigenvalue weighted by atomic mass is 16.3. The lowest BCUT2D eigenvalue weighted by atomic mass is 9.91. The summed E-state index contributed by atoms with van der Waals surface area (Å²) in [5.41, 5.74) is 12.3. The number of nitrogens with zero attached hydrogens (tertiary/aromatic N) is 1. The molecular weight excluding hydrogens is 631 g/mol. The fourth-order valence-corrected chi connectivity index (χ4v) is 7.71. The highest BCUT2D eigenvalue weighted by molar-refractivity contribution is 6.22. The molecule has 2 heteroatoms. The maximum Gasteiger partial charge on any atom is 0.136 e. The molecule has 0 unspecified atom stereocenters. The van der Waals surface area contributed by atoms with Crippen LogP contribution in [0.4, 0.5) is 17.1 Å². The Labute approximate surface area is 302 Å². The minimum absolute atomic E-state index is 0.914. The Kier molecular flexibility index (Phi) is 7.18. The van der Waals surface area contributed by atoms with E-state index in [1.165, 1.54) is 60.3 Å². The monoisotopic (exact) mass is 663 g/mol. The summed E-state index contributed by atoms with van der Waals surface area (Å²) in [6.45, 7) is 0. The Balaban J connectivity index is 1.08. The van der Waals surface area contributed by atoms with Crippen LogP contribution in [0.2, 0.25) is 0 Å². The van der Waals surface area contributed by atoms with Crippen LogP contribution in [0.15, 0.2) is 205 Å². The number of hydrogen-bond acceptors (Lipinski definition) is 2. The summed E-state index contributed by atoms with van der Waals surface area (Å²) in [6, 6.07) is 71.7. The molecule has 2 nitrogen and oxygen atoms in total. The summed E-state index contributed by atoms with van der Waals surface area (Å²) in [6.07, 6.45) is 0. The highest BCUT2D eigenvalue weighted by Crippen LogP contribution is 2.42. The van der Waals surface area contributed by atoms with E-state index in [-0.39, 0.29) is 0 Å². The highest BCUT2D eigenvalue weighted by Gasteiger charge is 2.17. The van der Waals surface area contributed by atoms with Gasteiger partial charge in [0.15, 0.2) is 0 Å². The number of rotatable bonds is 6. The molecule has 1 aromatic heterocycles. The van der Waals surface area contributed by atoms with Crippen molar-refractivity contribution < 1.29 is 4.42 Å². The molecule has 0 atom stereocenters. The normalized spacial score (nSPS) is 11.5. The summed E-state index contributed by atoms with van der Waals surface area (Å²) < 4.78 is 6.39. The summed E-state index contributed by atoms with van der Waals surface area (Å²) in [5, 5.41) is 7.13. The molecule has 0 aliphatic carbocycles. The molecule has 0 aliphatic heterocycles. The van der Waals surface area contributed by atoms with Gasteiger partial charge in [-0.15, -0.1) is 0 Å². The molecule has 0 spiro atoms. The Bertz CT molecular complexity index is 2890. The number of anilines is 3. The quantitative estimate of drug-likeness (QED) is 0.176. The smallest absolute Gasteiger partial charge is 0.136 e. The lowest BCUT2D eigenvalue weighted by Gasteiger charge is -2.26. The van der Waals surface area contributed by atoms with Crippen molar-refractivity contribution in [3.63, 3.8) is 0 Å². The van der Waals surface area contributed by atoms with Crippen LogP contribution in [0.3, 0.4) is 0 Å². The van der Waals surface area contributed by atoms with Gasteiger partial charge in [-0.2, -0.15) is 0 Å². The third kappa shape index (κ3) is 5.21. The first-order valence-corrected chi connectivity index (χ1v) is 17.8. The van der Waals surface area contributed by atoms with E-state index in [2.05, 4.69) is 199 Å². The van der Waals surface area contributed by atoms with Crippen molar-refractivity contribution in [2.75, 3.05) is 4.90 Å². The average Bonchev–Trinajstić information content (AvgIpc) is 3.60. The molecule has 0 bridgehead atoms. The number of para-hydroxylation sites is 2. The van der Waals surface area contributed by atoms with Gasteiger partial charge in [0.25, 0.3) is 0 Å². The van der Waals surface area contributed by atoms with Gasteiger partial charge in [-0.3, -0.25) is 0 Å². The second-order valence-corrected chi connectivity index (χ2v) is 13.4. The van der Waals surface area contributed by atoms with E-state index in [4.69, 9.17) is 4.42 Å². The number of furan rings is 1. The standard InChI is InChI=1S/C50H33NO/c1-4-13-34(14-5-1)36-17-12-20-42(30-36)51(41-18-8-3-9-19-41)43-27-25-38-29-37(23-24-39(38)31-43)40-26-28-44-47(32-40)46(35-15-6-2-7-16-35)33-49-50(44)45-21-10-11-22-48(45)52-49/h1-33H. The Morgan fingerprint density at radius 3 is 1.73 bits per heavy atom. The number of fused-ring (bicyclic) bond motifs is 6. The van der Waals surface area contributed by atoms with Crippen molar-refractivity contribution in [2.24, 2.45) is 0 Å². The number of hydrogen-bond donors (Lipinski definition) is 0. The van der Waals surface area contributed by atoms with E-state index >= 15 is 0 Å². The predicted octanol–water partition coefficient (Wildman–Crippen LogP) is 14.4. The second-order valence-electron chi connectivity index (χ2n) is 13.4. The van der Waals surface area contributed by atoms with Gasteiger partial charge in [-0.1, -0.05) is 140 Å². The van der Waals surface area contributed by atoms with Gasteiger partial charge in [-0.25, -0.2) is 0 Å². The summed E-state index contributed by atoms with van der Waals surface area (Å²) >= 11 is 0. The molecule has 0 aliphatic rings. The average molecular weight is 664 g/mol. The van der Waals surface area contributed by atoms with E-state index in [0.717, 1.165) is 33.6 Å². The summed E-state index contributed by atoms with van der Waals surface area (Å²) in [4.78, 5) is 2.34. The molecule has 9 aromatic carbocycles. The van der Waals surface area contributed by atoms with Gasteiger partial charge in [-0.05, 0) is 116 Å². The first-order chi connectivity index (χ1) is 25.8. The van der Waals surface area contributed by atoms with Gasteiger partial charge >= 0.3 is 0 Å². The van der Waals surface area contributed by atoms with Crippen LogP contribution in [-0.4, -0.2) is 0 Å². The zero-order chi connectivity index (χ0) is 34.4. The van der Waals surface area contributed by atoms with E-state index in [0.29, 0.717) is 0 Å². The molecule has 244 valence electrons. The van der Waals surface area contributed by atoms with Gasteiger partial charge in [0.05, 0.1) is 0 Å². The van der Waals surface area contributed by atoms with Crippen LogP contribution in [0.25, 0.3) is 76.9 Å². The summed E-state index contributed by atoms with van der Waals surface area (Å²) in [7, 11) is 0. The molecule has 1 heterocycles. The van der Waals surface area contributed by atoms with Crippen molar-refractivity contribution in [1.29, 1.82) is 0 Å². The van der Waals surface area contributed by atoms with Crippen LogP contribution >= 0.6 is 0 Å². The van der Waals surface area contributed by atoms with Crippen molar-refractivity contribution in [3.8, 4) is 33.4 Å². The maximum atomic E-state index is 6.39. The summed E-state index contributed by atoms with van der Waals surface area (Å²) in [5.74, 6) is 0. The lowest BCUT2D eigenvalue weighted by Crippen LogP contribution is -2.09. The van der Waals surface area contributed by atoms with Crippen molar-refractivity contribution in [3.05, 3.63) is 200 Å². The van der Waals surface area contributed by atoms with Crippen molar-refractivity contribution in [2.45, 2.75) is 0 Å². The van der Waals surface area contributed by atoms with Gasteiger partial charge < -0.3 is 9.32 Å². The Hall–Kier alpha value is -6.90. The van der Waals surface area contributed by atoms with E-state index < -0.39 is 0 Å². The van der Waals surface area contributed by atoms with Gasteiger partial charge in [0.2, 0.25) is 0 Å². The zero-order valence-electron chi connectivity index (χ0n) is 28.4. The van der Waals surface area contributed by atoms with E-state index in [1.54, 1.807) is 0 Å². The molecule has 0 N–H and O–H groups in total. The fraction of sp³-hybridized carbons (Fsp3) is 0. The van der Waals surface area contributed by atoms with Gasteiger partial charge in [0, 0.05) is 27.8 Å². The van der Waals surface area contributed by atoms with Crippen LogP contribution in [-0.2, 0) is 0 Å². The first kappa shape index (κ1) is 30.0. The van der Waals surface area contributed by atoms with E-state index in [9.17, 15) is 0 Å². The maximum absolute atomic E-state index is 6.39. The molecule has 52 heavy (non-hydrogen) atoms. The molecule has 0 fully saturated rings. The largest absolute Gasteiger partial charge is 0.456 e. The minimum atomic E-state index is 0.914. The third-order valence-corrected chi connectivity index (χ3v) is 10.2. The SMILES string of the molecule is c1ccc(-c2cccc(N(c3ccccc3)c3ccc4cc(-c5ccc6c(c5)c(-c5ccccc5)cc5oc7ccccc7c56)ccc4c3)c2)cc1. The molecule has 0 radical (unpaired) electrons. The minimum Gasteiger partial charge on any atom is -0.456 e. The second kappa shape index (κ2) is 12.5. The fourth-order valence-electron chi connectivity index (χ4n) is 7.71. The molecule has 0 saturated carbocycles. The number of benzene rings is 9. The first-order valence-electron chi connectivity index (χ1n) is 17.8. The van der Waals surface area contributed by atoms with Gasteiger partial charge in [0.1, 0.15) is 11.2 Å². The van der Waals surface area contributed by atoms with Crippen molar-refractivity contribution in [1.82, 2.24) is 0 Å². The Morgan fingerprint density at radius 1 is 0.308 bits per heavy atom. The van der Waals surface area contributed by atoms with Crippen LogP contribution in [0.5, 0.6) is 0 Å². The van der Waals surface area contributed by atoms with E-state index in [1.807, 2.05) is 6.07 Å². The van der Waals surface area contributed by atoms with Crippen LogP contribution < -0.4 is 4.90 Å². The zero-order valence-corrected chi connectivity index (χ0v) is 28.4. The molecule has 10 rings (SSSR count). The lowest BCUT2D eigenvalue weighted by molar-refractivity contribution is 0.669. The molecule has 10 aromatic rings. The predicted molar refractivity (Wildman–Crippen MR) is 220 cm³/mol. The third-order valence-electron chi connectivity index (χ3n) is 10.2. The van der Waals surface area contributed by atoms with Crippen molar-refractivity contribution >= 4 is 60.5 Å². The van der Waals surface area contributed by atoms with Crippen LogP contribution in [0.1, 0.15) is 0 Å². The molecule has 0 saturated heterocycles. The molecule has 0 amide bonds.